The third-order valence-electron chi connectivity index (χ3n) is 6.53. The van der Waals surface area contributed by atoms with Crippen molar-refractivity contribution in [3.63, 3.8) is 0 Å². The van der Waals surface area contributed by atoms with Gasteiger partial charge in [-0.25, -0.2) is 4.79 Å². The highest BCUT2D eigenvalue weighted by Gasteiger charge is 2.30. The number of amides is 1. The van der Waals surface area contributed by atoms with Crippen molar-refractivity contribution in [2.45, 2.75) is 13.5 Å². The zero-order valence-electron chi connectivity index (χ0n) is 22.3. The van der Waals surface area contributed by atoms with Crippen molar-refractivity contribution in [2.75, 3.05) is 13.7 Å². The molecule has 41 heavy (non-hydrogen) atoms. The van der Waals surface area contributed by atoms with Gasteiger partial charge >= 0.3 is 11.7 Å². The van der Waals surface area contributed by atoms with Gasteiger partial charge in [-0.05, 0) is 48.4 Å². The smallest absolute Gasteiger partial charge is 0.332 e. The second kappa shape index (κ2) is 11.4. The summed E-state index contributed by atoms with van der Waals surface area (Å²) >= 11 is 19.1. The SMILES string of the molecule is CCN1C(=O)C(=Cc2ccc(Oc3nc4c(c(=O)n(C)c(=O)n4C)n3Cc3ccc(Cl)cc3Cl)c(OC)c2)SC1=S. The van der Waals surface area contributed by atoms with Crippen LogP contribution < -0.4 is 20.7 Å². The van der Waals surface area contributed by atoms with Crippen LogP contribution in [-0.2, 0) is 25.4 Å². The van der Waals surface area contributed by atoms with Gasteiger partial charge in [0.2, 0.25) is 0 Å². The summed E-state index contributed by atoms with van der Waals surface area (Å²) in [5.74, 6) is 0.504. The average Bonchev–Trinajstić information content (AvgIpc) is 3.43. The molecule has 10 nitrogen and oxygen atoms in total. The molecule has 4 aromatic rings. The Kier molecular flexibility index (Phi) is 8.02. The maximum atomic E-state index is 13.3. The molecule has 5 rings (SSSR count). The summed E-state index contributed by atoms with van der Waals surface area (Å²) in [6.07, 6.45) is 1.73. The van der Waals surface area contributed by atoms with Gasteiger partial charge in [0.15, 0.2) is 22.7 Å². The monoisotopic (exact) mass is 631 g/mol. The Balaban J connectivity index is 1.60. The Bertz CT molecular complexity index is 1900. The third kappa shape index (κ3) is 5.28. The van der Waals surface area contributed by atoms with Gasteiger partial charge in [-0.1, -0.05) is 59.3 Å². The molecule has 14 heteroatoms. The number of likely N-dealkylation sites (N-methyl/N-ethyl adjacent to an activating group) is 1. The molecule has 1 fully saturated rings. The number of ether oxygens (including phenoxy) is 2. The summed E-state index contributed by atoms with van der Waals surface area (Å²) in [5, 5.41) is 0.855. The summed E-state index contributed by atoms with van der Waals surface area (Å²) in [4.78, 5) is 45.1. The van der Waals surface area contributed by atoms with E-state index in [2.05, 4.69) is 4.98 Å². The van der Waals surface area contributed by atoms with E-state index < -0.39 is 11.2 Å². The number of aryl methyl sites for hydroxylation is 1. The van der Waals surface area contributed by atoms with Crippen LogP contribution in [0.1, 0.15) is 18.1 Å². The number of thioether (sulfide) groups is 1. The van der Waals surface area contributed by atoms with E-state index in [-0.39, 0.29) is 29.6 Å². The molecule has 0 N–H and O–H groups in total. The van der Waals surface area contributed by atoms with Crippen molar-refractivity contribution in [1.29, 1.82) is 0 Å². The first-order valence-corrected chi connectivity index (χ1v) is 14.2. The minimum absolute atomic E-state index is 0.0409. The molecule has 0 spiro atoms. The summed E-state index contributed by atoms with van der Waals surface area (Å²) in [6, 6.07) is 10.2. The number of methoxy groups -OCH3 is 1. The fourth-order valence-corrected chi connectivity index (χ4v) is 6.20. The standard InChI is InChI=1S/C27H23Cl2N5O5S2/c1-5-33-23(35)20(41-27(33)40)11-14-6-9-18(19(10-14)38-4)39-25-30-22-21(24(36)32(3)26(37)31(22)2)34(25)13-15-7-8-16(28)12-17(15)29/h6-12H,5,13H2,1-4H3. The zero-order chi connectivity index (χ0) is 29.6. The number of halogens is 2. The second-order valence-corrected chi connectivity index (χ2v) is 11.6. The molecule has 0 unspecified atom stereocenters. The van der Waals surface area contributed by atoms with Crippen LogP contribution in [0.15, 0.2) is 50.9 Å². The lowest BCUT2D eigenvalue weighted by Crippen LogP contribution is -2.37. The van der Waals surface area contributed by atoms with Gasteiger partial charge in [-0.2, -0.15) is 4.98 Å². The number of fused-ring (bicyclic) bond motifs is 1. The molecule has 2 aromatic heterocycles. The van der Waals surface area contributed by atoms with Crippen molar-refractivity contribution < 1.29 is 14.3 Å². The minimum Gasteiger partial charge on any atom is -0.493 e. The largest absolute Gasteiger partial charge is 0.493 e. The van der Waals surface area contributed by atoms with E-state index in [1.54, 1.807) is 47.0 Å². The fraction of sp³-hybridized carbons (Fsp3) is 0.222. The first-order valence-electron chi connectivity index (χ1n) is 12.3. The van der Waals surface area contributed by atoms with E-state index >= 15 is 0 Å². The molecule has 1 aliphatic rings. The highest BCUT2D eigenvalue weighted by molar-refractivity contribution is 8.26. The van der Waals surface area contributed by atoms with Crippen LogP contribution in [0.5, 0.6) is 17.5 Å². The second-order valence-electron chi connectivity index (χ2n) is 9.03. The molecule has 0 atom stereocenters. The number of rotatable bonds is 7. The Morgan fingerprint density at radius 3 is 2.46 bits per heavy atom. The number of hydrogen-bond donors (Lipinski definition) is 0. The van der Waals surface area contributed by atoms with Crippen LogP contribution in [0.25, 0.3) is 17.2 Å². The molecule has 3 heterocycles. The highest BCUT2D eigenvalue weighted by atomic mass is 35.5. The third-order valence-corrected chi connectivity index (χ3v) is 8.50. The Hall–Kier alpha value is -3.58. The van der Waals surface area contributed by atoms with Crippen LogP contribution in [0.4, 0.5) is 0 Å². The van der Waals surface area contributed by atoms with Crippen LogP contribution in [0.3, 0.4) is 0 Å². The van der Waals surface area contributed by atoms with Crippen LogP contribution >= 0.6 is 47.2 Å². The molecule has 0 saturated carbocycles. The number of carbonyl (C=O) groups excluding carboxylic acids is 1. The molecule has 1 aliphatic heterocycles. The predicted molar refractivity (Wildman–Crippen MR) is 164 cm³/mol. The Morgan fingerprint density at radius 2 is 1.80 bits per heavy atom. The minimum atomic E-state index is -0.540. The van der Waals surface area contributed by atoms with E-state index in [4.69, 9.17) is 44.9 Å². The van der Waals surface area contributed by atoms with Gasteiger partial charge in [0, 0.05) is 30.7 Å². The first kappa shape index (κ1) is 28.9. The molecule has 2 aromatic carbocycles. The van der Waals surface area contributed by atoms with E-state index in [0.29, 0.717) is 48.4 Å². The number of thiocarbonyl (C=S) groups is 1. The quantitative estimate of drug-likeness (QED) is 0.212. The Labute approximate surface area is 253 Å². The molecule has 0 radical (unpaired) electrons. The van der Waals surface area contributed by atoms with Gasteiger partial charge in [0.25, 0.3) is 11.5 Å². The van der Waals surface area contributed by atoms with Crippen LogP contribution in [-0.4, -0.2) is 47.5 Å². The van der Waals surface area contributed by atoms with Gasteiger partial charge < -0.3 is 9.47 Å². The van der Waals surface area contributed by atoms with Gasteiger partial charge in [0.05, 0.1) is 18.6 Å². The normalized spacial score (nSPS) is 14.5. The van der Waals surface area contributed by atoms with Crippen LogP contribution in [0, 0.1) is 0 Å². The highest BCUT2D eigenvalue weighted by Crippen LogP contribution is 2.37. The van der Waals surface area contributed by atoms with Gasteiger partial charge in [-0.15, -0.1) is 0 Å². The van der Waals surface area contributed by atoms with Crippen molar-refractivity contribution >= 4 is 74.6 Å². The number of carbonyl (C=O) groups is 1. The maximum absolute atomic E-state index is 13.3. The van der Waals surface area contributed by atoms with Crippen LogP contribution in [0.2, 0.25) is 10.0 Å². The summed E-state index contributed by atoms with van der Waals surface area (Å²) < 4.78 is 16.1. The number of aromatic nitrogens is 4. The van der Waals surface area contributed by atoms with Crippen molar-refractivity contribution in [1.82, 2.24) is 23.6 Å². The molecule has 0 bridgehead atoms. The van der Waals surface area contributed by atoms with E-state index in [1.165, 1.54) is 42.4 Å². The lowest BCUT2D eigenvalue weighted by molar-refractivity contribution is -0.121. The molecular weight excluding hydrogens is 609 g/mol. The number of benzene rings is 2. The molecule has 0 aliphatic carbocycles. The summed E-state index contributed by atoms with van der Waals surface area (Å²) in [5.41, 5.74) is 0.586. The lowest BCUT2D eigenvalue weighted by Gasteiger charge is -2.13. The van der Waals surface area contributed by atoms with Crippen molar-refractivity contribution in [3.05, 3.63) is 83.3 Å². The van der Waals surface area contributed by atoms with E-state index in [1.807, 2.05) is 6.92 Å². The van der Waals surface area contributed by atoms with Crippen molar-refractivity contribution in [3.8, 4) is 17.5 Å². The molecular formula is C27H23Cl2N5O5S2. The average molecular weight is 633 g/mol. The predicted octanol–water partition coefficient (Wildman–Crippen LogP) is 4.81. The molecule has 1 amide bonds. The van der Waals surface area contributed by atoms with E-state index in [9.17, 15) is 14.4 Å². The van der Waals surface area contributed by atoms with Crippen molar-refractivity contribution in [2.24, 2.45) is 14.1 Å². The zero-order valence-corrected chi connectivity index (χ0v) is 25.5. The van der Waals surface area contributed by atoms with Gasteiger partial charge in [-0.3, -0.25) is 28.2 Å². The summed E-state index contributed by atoms with van der Waals surface area (Å²) in [6.45, 7) is 2.47. The van der Waals surface area contributed by atoms with Gasteiger partial charge in [0.1, 0.15) is 4.32 Å². The van der Waals surface area contributed by atoms with E-state index in [0.717, 1.165) is 4.57 Å². The summed E-state index contributed by atoms with van der Waals surface area (Å²) in [7, 11) is 4.41. The Morgan fingerprint density at radius 1 is 1.05 bits per heavy atom. The maximum Gasteiger partial charge on any atom is 0.332 e. The fourth-order valence-electron chi connectivity index (χ4n) is 4.35. The number of nitrogens with zero attached hydrogens (tertiary/aromatic N) is 5. The number of hydrogen-bond acceptors (Lipinski definition) is 8. The number of imidazole rings is 1. The topological polar surface area (TPSA) is 101 Å². The lowest BCUT2D eigenvalue weighted by atomic mass is 10.2. The molecule has 1 saturated heterocycles. The first-order chi connectivity index (χ1) is 19.5. The molecule has 212 valence electrons.